The maximum Gasteiger partial charge on any atom is 0.222 e. The van der Waals surface area contributed by atoms with Crippen molar-refractivity contribution in [1.82, 2.24) is 14.9 Å². The monoisotopic (exact) mass is 297 g/mol. The summed E-state index contributed by atoms with van der Waals surface area (Å²) in [7, 11) is 0. The second-order valence-corrected chi connectivity index (χ2v) is 6.12. The lowest BCUT2D eigenvalue weighted by Gasteiger charge is -2.32. The first-order valence-corrected chi connectivity index (χ1v) is 8.05. The molecule has 3 rings (SSSR count). The van der Waals surface area contributed by atoms with Gasteiger partial charge in [-0.15, -0.1) is 0 Å². The fourth-order valence-corrected chi connectivity index (χ4v) is 3.12. The van der Waals surface area contributed by atoms with Crippen LogP contribution in [-0.2, 0) is 11.2 Å². The minimum atomic E-state index is 0.261. The summed E-state index contributed by atoms with van der Waals surface area (Å²) in [5, 5.41) is 0. The second-order valence-electron chi connectivity index (χ2n) is 6.12. The van der Waals surface area contributed by atoms with Crippen LogP contribution in [-0.4, -0.2) is 33.9 Å². The van der Waals surface area contributed by atoms with Crippen LogP contribution in [0.1, 0.15) is 42.3 Å². The largest absolute Gasteiger partial charge is 0.346 e. The van der Waals surface area contributed by atoms with Gasteiger partial charge < -0.3 is 9.88 Å². The molecule has 1 atom stereocenters. The molecule has 2 heterocycles. The van der Waals surface area contributed by atoms with E-state index in [0.29, 0.717) is 12.3 Å². The number of hydrogen-bond acceptors (Lipinski definition) is 2. The second kappa shape index (κ2) is 6.77. The Labute approximate surface area is 131 Å². The van der Waals surface area contributed by atoms with E-state index in [-0.39, 0.29) is 5.91 Å². The molecule has 116 valence electrons. The molecular weight excluding hydrogens is 274 g/mol. The number of nitrogens with one attached hydrogen (secondary N) is 1. The van der Waals surface area contributed by atoms with E-state index in [2.05, 4.69) is 22.1 Å². The predicted octanol–water partition coefficient (Wildman–Crippen LogP) is 3.06. The lowest BCUT2D eigenvalue weighted by molar-refractivity contribution is -0.132. The van der Waals surface area contributed by atoms with Gasteiger partial charge in [0.2, 0.25) is 5.91 Å². The molecule has 0 bridgehead atoms. The lowest BCUT2D eigenvalue weighted by atomic mass is 9.97. The van der Waals surface area contributed by atoms with Gasteiger partial charge in [0.05, 0.1) is 0 Å². The van der Waals surface area contributed by atoms with Crippen molar-refractivity contribution >= 4 is 5.91 Å². The Hall–Kier alpha value is -2.10. The maximum absolute atomic E-state index is 12.4. The van der Waals surface area contributed by atoms with Crippen LogP contribution in [0.25, 0.3) is 0 Å². The molecule has 1 amide bonds. The van der Waals surface area contributed by atoms with Crippen molar-refractivity contribution in [2.24, 2.45) is 0 Å². The normalized spacial score (nSPS) is 18.4. The maximum atomic E-state index is 12.4. The quantitative estimate of drug-likeness (QED) is 0.943. The summed E-state index contributed by atoms with van der Waals surface area (Å²) in [6.45, 7) is 3.69. The van der Waals surface area contributed by atoms with Crippen molar-refractivity contribution in [3.8, 4) is 0 Å². The van der Waals surface area contributed by atoms with Crippen molar-refractivity contribution in [3.63, 3.8) is 0 Å². The Kier molecular flexibility index (Phi) is 4.56. The van der Waals surface area contributed by atoms with Gasteiger partial charge in [0.1, 0.15) is 5.82 Å². The number of benzene rings is 1. The molecule has 2 aromatic rings. The molecule has 1 N–H and O–H groups in total. The summed E-state index contributed by atoms with van der Waals surface area (Å²) in [6, 6.07) is 10.2. The van der Waals surface area contributed by atoms with Gasteiger partial charge in [0.25, 0.3) is 0 Å². The molecular formula is C18H23N3O. The molecule has 0 spiro atoms. The first-order valence-electron chi connectivity index (χ1n) is 8.05. The highest BCUT2D eigenvalue weighted by molar-refractivity contribution is 5.76. The van der Waals surface area contributed by atoms with Gasteiger partial charge in [-0.3, -0.25) is 4.79 Å². The molecule has 1 aliphatic heterocycles. The van der Waals surface area contributed by atoms with E-state index in [1.807, 2.05) is 36.2 Å². The zero-order valence-electron chi connectivity index (χ0n) is 13.1. The number of piperidine rings is 1. The van der Waals surface area contributed by atoms with Gasteiger partial charge in [0, 0.05) is 37.3 Å². The summed E-state index contributed by atoms with van der Waals surface area (Å²) in [4.78, 5) is 22.2. The van der Waals surface area contributed by atoms with Crippen LogP contribution >= 0.6 is 0 Å². The van der Waals surface area contributed by atoms with Crippen LogP contribution in [0.4, 0.5) is 0 Å². The molecule has 1 aliphatic rings. The molecule has 0 unspecified atom stereocenters. The number of hydrogen-bond donors (Lipinski definition) is 1. The summed E-state index contributed by atoms with van der Waals surface area (Å²) in [5.74, 6) is 1.64. The molecule has 1 aromatic carbocycles. The summed E-state index contributed by atoms with van der Waals surface area (Å²) in [5.41, 5.74) is 2.31. The zero-order valence-corrected chi connectivity index (χ0v) is 13.1. The third kappa shape index (κ3) is 3.56. The molecule has 1 saturated heterocycles. The van der Waals surface area contributed by atoms with Crippen molar-refractivity contribution in [2.75, 3.05) is 13.1 Å². The summed E-state index contributed by atoms with van der Waals surface area (Å²) >= 11 is 0. The predicted molar refractivity (Wildman–Crippen MR) is 86.6 cm³/mol. The highest BCUT2D eigenvalue weighted by Crippen LogP contribution is 2.25. The number of carbonyl (C=O) groups excluding carboxylic acids is 1. The number of likely N-dealkylation sites (tertiary alicyclic amines) is 1. The number of rotatable bonds is 4. The average molecular weight is 297 g/mol. The number of H-pyrrole nitrogens is 1. The van der Waals surface area contributed by atoms with Gasteiger partial charge in [-0.05, 0) is 31.7 Å². The lowest BCUT2D eigenvalue weighted by Crippen LogP contribution is -2.39. The molecule has 4 nitrogen and oxygen atoms in total. The number of nitrogens with zero attached hydrogens (tertiary/aromatic N) is 2. The van der Waals surface area contributed by atoms with Gasteiger partial charge >= 0.3 is 0 Å². The van der Waals surface area contributed by atoms with Crippen LogP contribution in [0.15, 0.2) is 36.5 Å². The van der Waals surface area contributed by atoms with E-state index in [4.69, 9.17) is 0 Å². The van der Waals surface area contributed by atoms with Crippen LogP contribution in [0.2, 0.25) is 0 Å². The minimum Gasteiger partial charge on any atom is -0.346 e. The third-order valence-corrected chi connectivity index (χ3v) is 4.35. The Morgan fingerprint density at radius 2 is 2.18 bits per heavy atom. The first-order chi connectivity index (χ1) is 10.7. The third-order valence-electron chi connectivity index (χ3n) is 4.35. The van der Waals surface area contributed by atoms with Gasteiger partial charge in [0.15, 0.2) is 0 Å². The van der Waals surface area contributed by atoms with Crippen molar-refractivity contribution < 1.29 is 4.79 Å². The fourth-order valence-electron chi connectivity index (χ4n) is 3.12. The van der Waals surface area contributed by atoms with Gasteiger partial charge in [-0.25, -0.2) is 4.98 Å². The average Bonchev–Trinajstić information content (AvgIpc) is 3.00. The van der Waals surface area contributed by atoms with E-state index in [9.17, 15) is 4.79 Å². The molecule has 22 heavy (non-hydrogen) atoms. The Morgan fingerprint density at radius 1 is 1.36 bits per heavy atom. The van der Waals surface area contributed by atoms with Crippen LogP contribution in [0, 0.1) is 6.92 Å². The Morgan fingerprint density at radius 3 is 2.91 bits per heavy atom. The highest BCUT2D eigenvalue weighted by atomic mass is 16.2. The number of carbonyl (C=O) groups is 1. The summed E-state index contributed by atoms with van der Waals surface area (Å²) in [6.07, 6.45) is 5.44. The van der Waals surface area contributed by atoms with Crippen LogP contribution in [0.5, 0.6) is 0 Å². The number of imidazole rings is 1. The SMILES string of the molecule is Cc1cnc([C@@H]2CCCN(C(=O)CCc3ccccc3)C2)[nH]1. The standard InChI is InChI=1S/C18H23N3O/c1-14-12-19-18(20-14)16-8-5-11-21(13-16)17(22)10-9-15-6-3-2-4-7-15/h2-4,6-7,12,16H,5,8-11,13H2,1H3,(H,19,20)/t16-/m1/s1. The van der Waals surface area contributed by atoms with E-state index < -0.39 is 0 Å². The molecule has 0 aliphatic carbocycles. The first kappa shape index (κ1) is 14.8. The molecule has 0 saturated carbocycles. The van der Waals surface area contributed by atoms with Crippen molar-refractivity contribution in [1.29, 1.82) is 0 Å². The number of amides is 1. The zero-order chi connectivity index (χ0) is 15.4. The molecule has 1 fully saturated rings. The van der Waals surface area contributed by atoms with E-state index >= 15 is 0 Å². The molecule has 4 heteroatoms. The smallest absolute Gasteiger partial charge is 0.222 e. The Balaban J connectivity index is 1.56. The minimum absolute atomic E-state index is 0.261. The molecule has 1 aromatic heterocycles. The topological polar surface area (TPSA) is 49.0 Å². The number of aromatic nitrogens is 2. The van der Waals surface area contributed by atoms with Gasteiger partial charge in [-0.1, -0.05) is 30.3 Å². The van der Waals surface area contributed by atoms with E-state index in [1.165, 1.54) is 5.56 Å². The number of aromatic amines is 1. The highest BCUT2D eigenvalue weighted by Gasteiger charge is 2.26. The molecule has 0 radical (unpaired) electrons. The van der Waals surface area contributed by atoms with E-state index in [1.54, 1.807) is 0 Å². The number of aryl methyl sites for hydroxylation is 2. The van der Waals surface area contributed by atoms with Crippen molar-refractivity contribution in [2.45, 2.75) is 38.5 Å². The van der Waals surface area contributed by atoms with Gasteiger partial charge in [-0.2, -0.15) is 0 Å². The van der Waals surface area contributed by atoms with Crippen LogP contribution in [0.3, 0.4) is 0 Å². The summed E-state index contributed by atoms with van der Waals surface area (Å²) < 4.78 is 0. The van der Waals surface area contributed by atoms with Crippen molar-refractivity contribution in [3.05, 3.63) is 53.6 Å². The fraction of sp³-hybridized carbons (Fsp3) is 0.444. The van der Waals surface area contributed by atoms with E-state index in [0.717, 1.165) is 43.9 Å². The Bertz CT molecular complexity index is 620. The van der Waals surface area contributed by atoms with Crippen LogP contribution < -0.4 is 0 Å².